The van der Waals surface area contributed by atoms with Crippen LogP contribution < -0.4 is 10.1 Å². The van der Waals surface area contributed by atoms with Crippen LogP contribution in [0.1, 0.15) is 52.9 Å². The summed E-state index contributed by atoms with van der Waals surface area (Å²) in [5.74, 6) is 1.56. The molecular formula is C20H30N2O3S. The van der Waals surface area contributed by atoms with E-state index in [1.807, 2.05) is 11.8 Å². The van der Waals surface area contributed by atoms with Gasteiger partial charge in [0.15, 0.2) is 0 Å². The molecule has 5 nitrogen and oxygen atoms in total. The van der Waals surface area contributed by atoms with E-state index in [2.05, 4.69) is 19.2 Å². The number of thioether (sulfide) groups is 1. The predicted molar refractivity (Wildman–Crippen MR) is 108 cm³/mol. The molecule has 0 radical (unpaired) electrons. The number of amides is 2. The van der Waals surface area contributed by atoms with Crippen molar-refractivity contribution in [3.63, 3.8) is 0 Å². The number of carbonyl (C=O) groups is 2. The molecule has 0 aromatic heterocycles. The van der Waals surface area contributed by atoms with Crippen LogP contribution in [0.25, 0.3) is 0 Å². The Morgan fingerprint density at radius 1 is 1.27 bits per heavy atom. The summed E-state index contributed by atoms with van der Waals surface area (Å²) in [4.78, 5) is 26.4. The number of rotatable bonds is 6. The Labute approximate surface area is 160 Å². The maximum atomic E-state index is 12.8. The van der Waals surface area contributed by atoms with Gasteiger partial charge in [0, 0.05) is 24.3 Å². The summed E-state index contributed by atoms with van der Waals surface area (Å²) in [5, 5.41) is 2.69. The average Bonchev–Trinajstić information content (AvgIpc) is 2.60. The zero-order chi connectivity index (χ0) is 18.9. The van der Waals surface area contributed by atoms with Crippen LogP contribution in [0.15, 0.2) is 24.3 Å². The summed E-state index contributed by atoms with van der Waals surface area (Å²) in [5.41, 5.74) is 0.634. The minimum atomic E-state index is -0.294. The number of hydrogen-bond acceptors (Lipinski definition) is 4. The molecule has 0 bridgehead atoms. The third-order valence-electron chi connectivity index (χ3n) is 4.37. The van der Waals surface area contributed by atoms with E-state index in [1.54, 1.807) is 24.3 Å². The fraction of sp³-hybridized carbons (Fsp3) is 0.600. The predicted octanol–water partition coefficient (Wildman–Crippen LogP) is 5.76. The van der Waals surface area contributed by atoms with Crippen molar-refractivity contribution in [1.29, 1.82) is 0 Å². The van der Waals surface area contributed by atoms with Gasteiger partial charge in [-0.25, -0.2) is 4.79 Å². The molecule has 0 aliphatic heterocycles. The van der Waals surface area contributed by atoms with E-state index in [9.17, 15) is 9.59 Å². The lowest BCUT2D eigenvalue weighted by atomic mass is 9.94. The standard InChI is InChI=1S/C20H30N2O3S/c1-4-26-19(23)21-16-9-8-12-18(13-16)25-20(24)22(14-15(2)3)17-10-6-5-7-11-17/h8-9,12-13,15,17H,4-7,10-11,14H2,1-3H3,(H,21,23). The first-order chi connectivity index (χ1) is 12.5. The molecule has 1 aromatic rings. The molecular weight excluding hydrogens is 348 g/mol. The van der Waals surface area contributed by atoms with Crippen LogP contribution in [0.5, 0.6) is 5.75 Å². The Kier molecular flexibility index (Phi) is 8.29. The van der Waals surface area contributed by atoms with E-state index < -0.39 is 0 Å². The van der Waals surface area contributed by atoms with Gasteiger partial charge in [-0.2, -0.15) is 0 Å². The maximum Gasteiger partial charge on any atom is 0.415 e. The number of anilines is 1. The van der Waals surface area contributed by atoms with Gasteiger partial charge in [-0.05, 0) is 36.6 Å². The number of benzene rings is 1. The second kappa shape index (κ2) is 10.5. The lowest BCUT2D eigenvalue weighted by molar-refractivity contribution is 0.110. The molecule has 0 spiro atoms. The molecule has 0 atom stereocenters. The van der Waals surface area contributed by atoms with Gasteiger partial charge in [0.2, 0.25) is 0 Å². The second-order valence-corrected chi connectivity index (χ2v) is 8.32. The summed E-state index contributed by atoms with van der Waals surface area (Å²) in [7, 11) is 0. The van der Waals surface area contributed by atoms with Crippen LogP contribution >= 0.6 is 11.8 Å². The molecule has 144 valence electrons. The van der Waals surface area contributed by atoms with E-state index in [0.717, 1.165) is 12.8 Å². The second-order valence-electron chi connectivity index (χ2n) is 7.08. The Hall–Kier alpha value is -1.69. The molecule has 2 rings (SSSR count). The number of hydrogen-bond donors (Lipinski definition) is 1. The summed E-state index contributed by atoms with van der Waals surface area (Å²) in [6.07, 6.45) is 5.39. The highest BCUT2D eigenvalue weighted by molar-refractivity contribution is 8.13. The first-order valence-corrected chi connectivity index (χ1v) is 10.5. The highest BCUT2D eigenvalue weighted by atomic mass is 32.2. The third-order valence-corrected chi connectivity index (χ3v) is 5.03. The number of ether oxygens (including phenoxy) is 1. The number of carbonyl (C=O) groups excluding carboxylic acids is 2. The number of nitrogens with zero attached hydrogens (tertiary/aromatic N) is 1. The molecule has 0 saturated heterocycles. The van der Waals surface area contributed by atoms with Crippen LogP contribution in [-0.2, 0) is 0 Å². The molecule has 0 unspecified atom stereocenters. The fourth-order valence-electron chi connectivity index (χ4n) is 3.24. The van der Waals surface area contributed by atoms with Gasteiger partial charge < -0.3 is 15.0 Å². The Bertz CT molecular complexity index is 600. The van der Waals surface area contributed by atoms with Crippen molar-refractivity contribution in [3.05, 3.63) is 24.3 Å². The molecule has 0 heterocycles. The van der Waals surface area contributed by atoms with Crippen molar-refractivity contribution in [2.45, 2.75) is 58.9 Å². The number of nitrogens with one attached hydrogen (secondary N) is 1. The first kappa shape index (κ1) is 20.6. The van der Waals surface area contributed by atoms with Crippen molar-refractivity contribution >= 4 is 28.8 Å². The molecule has 1 saturated carbocycles. The minimum Gasteiger partial charge on any atom is -0.410 e. The van der Waals surface area contributed by atoms with E-state index in [1.165, 1.54) is 31.0 Å². The van der Waals surface area contributed by atoms with Gasteiger partial charge in [-0.1, -0.05) is 57.9 Å². The van der Waals surface area contributed by atoms with Crippen molar-refractivity contribution < 1.29 is 14.3 Å². The largest absolute Gasteiger partial charge is 0.415 e. The van der Waals surface area contributed by atoms with Gasteiger partial charge in [0.25, 0.3) is 5.24 Å². The summed E-state index contributed by atoms with van der Waals surface area (Å²) >= 11 is 1.21. The van der Waals surface area contributed by atoms with Gasteiger partial charge in [0.1, 0.15) is 5.75 Å². The zero-order valence-corrected chi connectivity index (χ0v) is 16.8. The highest BCUT2D eigenvalue weighted by Crippen LogP contribution is 2.25. The van der Waals surface area contributed by atoms with Gasteiger partial charge in [-0.15, -0.1) is 0 Å². The summed E-state index contributed by atoms with van der Waals surface area (Å²) in [6.45, 7) is 6.86. The van der Waals surface area contributed by atoms with Crippen molar-refractivity contribution in [1.82, 2.24) is 4.90 Å². The summed E-state index contributed by atoms with van der Waals surface area (Å²) in [6, 6.07) is 7.28. The third kappa shape index (κ3) is 6.56. The molecule has 26 heavy (non-hydrogen) atoms. The normalized spacial score (nSPS) is 14.9. The van der Waals surface area contributed by atoms with Crippen LogP contribution in [-0.4, -0.2) is 34.6 Å². The van der Waals surface area contributed by atoms with E-state index in [-0.39, 0.29) is 17.4 Å². The maximum absolute atomic E-state index is 12.8. The van der Waals surface area contributed by atoms with Gasteiger partial charge in [0.05, 0.1) is 0 Å². The molecule has 1 aliphatic rings. The van der Waals surface area contributed by atoms with Crippen molar-refractivity contribution in [2.24, 2.45) is 5.92 Å². The molecule has 1 aromatic carbocycles. The van der Waals surface area contributed by atoms with Crippen LogP contribution in [0.4, 0.5) is 15.3 Å². The lowest BCUT2D eigenvalue weighted by Gasteiger charge is -2.34. The average molecular weight is 379 g/mol. The van der Waals surface area contributed by atoms with Crippen LogP contribution in [0, 0.1) is 5.92 Å². The van der Waals surface area contributed by atoms with Gasteiger partial charge in [-0.3, -0.25) is 4.79 Å². The van der Waals surface area contributed by atoms with Gasteiger partial charge >= 0.3 is 6.09 Å². The Balaban J connectivity index is 2.04. The van der Waals surface area contributed by atoms with Crippen LogP contribution in [0.2, 0.25) is 0 Å². The van der Waals surface area contributed by atoms with E-state index in [0.29, 0.717) is 29.7 Å². The first-order valence-electron chi connectivity index (χ1n) is 9.52. The molecule has 2 amide bonds. The monoisotopic (exact) mass is 378 g/mol. The summed E-state index contributed by atoms with van der Waals surface area (Å²) < 4.78 is 5.64. The minimum absolute atomic E-state index is 0.111. The van der Waals surface area contributed by atoms with Crippen molar-refractivity contribution in [2.75, 3.05) is 17.6 Å². The molecule has 1 aliphatic carbocycles. The van der Waals surface area contributed by atoms with E-state index in [4.69, 9.17) is 4.74 Å². The topological polar surface area (TPSA) is 58.6 Å². The highest BCUT2D eigenvalue weighted by Gasteiger charge is 2.27. The molecule has 1 fully saturated rings. The fourth-order valence-corrected chi connectivity index (χ4v) is 3.69. The molecule has 6 heteroatoms. The Morgan fingerprint density at radius 2 is 2.00 bits per heavy atom. The SMILES string of the molecule is CCSC(=O)Nc1cccc(OC(=O)N(CC(C)C)C2CCCCC2)c1. The van der Waals surface area contributed by atoms with Crippen LogP contribution in [0.3, 0.4) is 0 Å². The lowest BCUT2D eigenvalue weighted by Crippen LogP contribution is -2.44. The Morgan fingerprint density at radius 3 is 2.65 bits per heavy atom. The quantitative estimate of drug-likeness (QED) is 0.683. The smallest absolute Gasteiger partial charge is 0.410 e. The zero-order valence-electron chi connectivity index (χ0n) is 16.0. The van der Waals surface area contributed by atoms with E-state index >= 15 is 0 Å². The molecule has 1 N–H and O–H groups in total. The van der Waals surface area contributed by atoms with Crippen molar-refractivity contribution in [3.8, 4) is 5.75 Å².